The van der Waals surface area contributed by atoms with Gasteiger partial charge in [0, 0.05) is 39.3 Å². The lowest BCUT2D eigenvalue weighted by atomic mass is 10.2. The Balaban J connectivity index is 1.38. The number of hydrogen-bond donors (Lipinski definition) is 0. The van der Waals surface area contributed by atoms with E-state index in [-0.39, 0.29) is 16.9 Å². The van der Waals surface area contributed by atoms with E-state index in [4.69, 9.17) is 4.74 Å². The predicted molar refractivity (Wildman–Crippen MR) is 128 cm³/mol. The van der Waals surface area contributed by atoms with Crippen LogP contribution in [0.2, 0.25) is 0 Å². The molecule has 0 aliphatic carbocycles. The van der Waals surface area contributed by atoms with Gasteiger partial charge < -0.3 is 14.5 Å². The molecule has 2 aliphatic rings. The van der Waals surface area contributed by atoms with Crippen molar-refractivity contribution < 1.29 is 17.9 Å². The lowest BCUT2D eigenvalue weighted by Gasteiger charge is -2.33. The zero-order valence-electron chi connectivity index (χ0n) is 18.5. The van der Waals surface area contributed by atoms with Gasteiger partial charge in [-0.3, -0.25) is 4.79 Å². The summed E-state index contributed by atoms with van der Waals surface area (Å²) >= 11 is 1.52. The van der Waals surface area contributed by atoms with Crippen molar-refractivity contribution in [3.8, 4) is 5.75 Å². The maximum Gasteiger partial charge on any atom is 0.243 e. The Morgan fingerprint density at radius 1 is 1.18 bits per heavy atom. The normalized spacial score (nSPS) is 19.8. The van der Waals surface area contributed by atoms with Gasteiger partial charge in [-0.15, -0.1) is 0 Å². The molecule has 9 nitrogen and oxygen atoms in total. The standard InChI is InChI=1S/C22H25N5O4S2/c1-15-14-27(16(2)28)19-13-17(6-7-20(19)31-15)33(29,30)26-10-4-9-25(11-12-26)22-24-18-5-3-8-23-21(18)32-22/h3,5-8,13,15H,4,9-12,14H2,1-2H3/t15-/m0/s1. The molecule has 5 rings (SSSR count). The van der Waals surface area contributed by atoms with Crippen LogP contribution < -0.4 is 14.5 Å². The van der Waals surface area contributed by atoms with E-state index in [0.29, 0.717) is 44.0 Å². The molecule has 0 radical (unpaired) electrons. The van der Waals surface area contributed by atoms with E-state index in [0.717, 1.165) is 22.0 Å². The Morgan fingerprint density at radius 3 is 2.82 bits per heavy atom. The van der Waals surface area contributed by atoms with Crippen molar-refractivity contribution in [2.45, 2.75) is 31.3 Å². The van der Waals surface area contributed by atoms with E-state index in [2.05, 4.69) is 14.9 Å². The van der Waals surface area contributed by atoms with Gasteiger partial charge >= 0.3 is 0 Å². The van der Waals surface area contributed by atoms with Gasteiger partial charge in [-0.1, -0.05) is 11.3 Å². The number of sulfonamides is 1. The fourth-order valence-electron chi connectivity index (χ4n) is 4.24. The van der Waals surface area contributed by atoms with Gasteiger partial charge in [0.05, 0.1) is 17.1 Å². The molecule has 0 unspecified atom stereocenters. The molecule has 1 saturated heterocycles. The molecule has 33 heavy (non-hydrogen) atoms. The summed E-state index contributed by atoms with van der Waals surface area (Å²) in [5.41, 5.74) is 1.35. The maximum absolute atomic E-state index is 13.5. The van der Waals surface area contributed by atoms with Gasteiger partial charge in [-0.05, 0) is 43.7 Å². The van der Waals surface area contributed by atoms with Crippen LogP contribution in [0.5, 0.6) is 5.75 Å². The maximum atomic E-state index is 13.5. The highest BCUT2D eigenvalue weighted by atomic mass is 32.2. The number of nitrogens with zero attached hydrogens (tertiary/aromatic N) is 5. The van der Waals surface area contributed by atoms with Gasteiger partial charge in [0.2, 0.25) is 15.9 Å². The smallest absolute Gasteiger partial charge is 0.243 e. The molecule has 4 heterocycles. The number of aromatic nitrogens is 2. The van der Waals surface area contributed by atoms with Crippen molar-refractivity contribution in [1.82, 2.24) is 14.3 Å². The Hall–Kier alpha value is -2.76. The molecule has 174 valence electrons. The first-order chi connectivity index (χ1) is 15.8. The lowest BCUT2D eigenvalue weighted by Crippen LogP contribution is -2.41. The number of carbonyl (C=O) groups excluding carboxylic acids is 1. The molecule has 1 amide bonds. The third kappa shape index (κ3) is 4.16. The van der Waals surface area contributed by atoms with E-state index in [1.165, 1.54) is 22.6 Å². The summed E-state index contributed by atoms with van der Waals surface area (Å²) in [6.07, 6.45) is 2.28. The topological polar surface area (TPSA) is 95.9 Å². The van der Waals surface area contributed by atoms with Crippen molar-refractivity contribution in [3.05, 3.63) is 36.5 Å². The zero-order chi connectivity index (χ0) is 23.2. The highest BCUT2D eigenvalue weighted by molar-refractivity contribution is 7.89. The summed E-state index contributed by atoms with van der Waals surface area (Å²) in [6, 6.07) is 8.56. The number of fused-ring (bicyclic) bond motifs is 2. The Labute approximate surface area is 196 Å². The van der Waals surface area contributed by atoms with Crippen LogP contribution in [0.4, 0.5) is 10.8 Å². The first kappa shape index (κ1) is 22.1. The Kier molecular flexibility index (Phi) is 5.71. The summed E-state index contributed by atoms with van der Waals surface area (Å²) in [5.74, 6) is 0.381. The van der Waals surface area contributed by atoms with Crippen LogP contribution in [0, 0.1) is 0 Å². The Morgan fingerprint density at radius 2 is 2.03 bits per heavy atom. The van der Waals surface area contributed by atoms with E-state index in [1.807, 2.05) is 19.1 Å². The van der Waals surface area contributed by atoms with Crippen LogP contribution >= 0.6 is 11.3 Å². The predicted octanol–water partition coefficient (Wildman–Crippen LogP) is 2.73. The fraction of sp³-hybridized carbons (Fsp3) is 0.409. The fourth-order valence-corrected chi connectivity index (χ4v) is 6.69. The van der Waals surface area contributed by atoms with E-state index in [1.54, 1.807) is 29.3 Å². The minimum atomic E-state index is -3.73. The van der Waals surface area contributed by atoms with E-state index < -0.39 is 10.0 Å². The summed E-state index contributed by atoms with van der Waals surface area (Å²) in [6.45, 7) is 5.79. The number of amides is 1. The van der Waals surface area contributed by atoms with Crippen molar-refractivity contribution in [2.24, 2.45) is 0 Å². The van der Waals surface area contributed by atoms with Gasteiger partial charge in [0.25, 0.3) is 0 Å². The van der Waals surface area contributed by atoms with Crippen LogP contribution in [0.25, 0.3) is 10.3 Å². The highest BCUT2D eigenvalue weighted by Gasteiger charge is 2.31. The first-order valence-electron chi connectivity index (χ1n) is 10.9. The number of hydrogen-bond acceptors (Lipinski definition) is 8. The van der Waals surface area contributed by atoms with Crippen LogP contribution in [0.3, 0.4) is 0 Å². The first-order valence-corrected chi connectivity index (χ1v) is 13.1. The molecule has 1 fully saturated rings. The second-order valence-corrected chi connectivity index (χ2v) is 11.2. The number of anilines is 2. The second kappa shape index (κ2) is 8.54. The summed E-state index contributed by atoms with van der Waals surface area (Å²) in [5, 5.41) is 0.861. The van der Waals surface area contributed by atoms with Gasteiger partial charge in [0.15, 0.2) is 5.13 Å². The van der Waals surface area contributed by atoms with Crippen LogP contribution in [-0.4, -0.2) is 67.4 Å². The average molecular weight is 488 g/mol. The van der Waals surface area contributed by atoms with Gasteiger partial charge in [-0.25, -0.2) is 18.4 Å². The molecule has 0 spiro atoms. The molecule has 2 aromatic heterocycles. The number of benzene rings is 1. The number of thiazole rings is 1. The van der Waals surface area contributed by atoms with E-state index >= 15 is 0 Å². The number of pyridine rings is 1. The third-order valence-electron chi connectivity index (χ3n) is 5.89. The van der Waals surface area contributed by atoms with Crippen molar-refractivity contribution in [3.63, 3.8) is 0 Å². The summed E-state index contributed by atoms with van der Waals surface area (Å²) < 4.78 is 34.3. The minimum absolute atomic E-state index is 0.142. The summed E-state index contributed by atoms with van der Waals surface area (Å²) in [7, 11) is -3.73. The number of carbonyl (C=O) groups is 1. The van der Waals surface area contributed by atoms with Crippen molar-refractivity contribution in [1.29, 1.82) is 0 Å². The zero-order valence-corrected chi connectivity index (χ0v) is 20.1. The average Bonchev–Trinajstić information content (AvgIpc) is 3.06. The summed E-state index contributed by atoms with van der Waals surface area (Å²) in [4.78, 5) is 25.9. The number of ether oxygens (including phenoxy) is 1. The minimum Gasteiger partial charge on any atom is -0.487 e. The second-order valence-electron chi connectivity index (χ2n) is 8.26. The SMILES string of the molecule is CC(=O)N1C[C@H](C)Oc2ccc(S(=O)(=O)N3CCCN(c4nc5cccnc5s4)CC3)cc21. The molecule has 1 aromatic carbocycles. The van der Waals surface area contributed by atoms with Crippen molar-refractivity contribution in [2.75, 3.05) is 42.5 Å². The highest BCUT2D eigenvalue weighted by Crippen LogP contribution is 2.36. The largest absolute Gasteiger partial charge is 0.487 e. The van der Waals surface area contributed by atoms with Gasteiger partial charge in [0.1, 0.15) is 22.2 Å². The van der Waals surface area contributed by atoms with Gasteiger partial charge in [-0.2, -0.15) is 4.31 Å². The molecular formula is C22H25N5O4S2. The number of rotatable bonds is 3. The molecule has 11 heteroatoms. The molecule has 0 bridgehead atoms. The molecular weight excluding hydrogens is 462 g/mol. The monoisotopic (exact) mass is 487 g/mol. The molecule has 3 aromatic rings. The lowest BCUT2D eigenvalue weighted by molar-refractivity contribution is -0.117. The third-order valence-corrected chi connectivity index (χ3v) is 8.82. The molecule has 1 atom stereocenters. The van der Waals surface area contributed by atoms with Crippen molar-refractivity contribution >= 4 is 48.4 Å². The molecule has 0 saturated carbocycles. The molecule has 2 aliphatic heterocycles. The van der Waals surface area contributed by atoms with Crippen LogP contribution in [-0.2, 0) is 14.8 Å². The quantitative estimate of drug-likeness (QED) is 0.560. The molecule has 0 N–H and O–H groups in total. The van der Waals surface area contributed by atoms with E-state index in [9.17, 15) is 13.2 Å². The van der Waals surface area contributed by atoms with Crippen LogP contribution in [0.15, 0.2) is 41.4 Å². The van der Waals surface area contributed by atoms with Crippen LogP contribution in [0.1, 0.15) is 20.3 Å². The Bertz CT molecular complexity index is 1280.